The first-order valence-electron chi connectivity index (χ1n) is 1.72. The predicted octanol–water partition coefficient (Wildman–Crippen LogP) is -0.0172. The van der Waals surface area contributed by atoms with Gasteiger partial charge in [-0.05, 0) is 0 Å². The molecule has 0 saturated heterocycles. The van der Waals surface area contributed by atoms with Crippen molar-refractivity contribution in [2.75, 3.05) is 5.75 Å². The van der Waals surface area contributed by atoms with Crippen LogP contribution in [0.25, 0.3) is 0 Å². The fourth-order valence-corrected chi connectivity index (χ4v) is 0.757. The highest BCUT2D eigenvalue weighted by Crippen LogP contribution is 1.99. The fourth-order valence-electron chi connectivity index (χ4n) is 0.121. The molecule has 6 heteroatoms. The zero-order chi connectivity index (χ0) is 6.57. The number of hydrogen-bond donors (Lipinski definition) is 2. The van der Waals surface area contributed by atoms with Crippen LogP contribution in [0.1, 0.15) is 0 Å². The topological polar surface area (TPSA) is 49.4 Å². The molecule has 0 spiro atoms. The molecule has 0 amide bonds. The van der Waals surface area contributed by atoms with E-state index in [9.17, 15) is 8.76 Å². The summed E-state index contributed by atoms with van der Waals surface area (Å²) in [6.45, 7) is 0. The highest BCUT2D eigenvalue weighted by atomic mass is 32.2. The molecule has 0 N–H and O–H groups in total. The van der Waals surface area contributed by atoms with Crippen LogP contribution in [0.2, 0.25) is 0 Å². The maximum atomic E-state index is 9.66. The van der Waals surface area contributed by atoms with Gasteiger partial charge in [-0.25, -0.2) is 4.21 Å². The van der Waals surface area contributed by atoms with Crippen molar-refractivity contribution in [3.8, 4) is 0 Å². The Labute approximate surface area is 61.1 Å². The normalized spacial score (nSPS) is 17.9. The van der Waals surface area contributed by atoms with Crippen molar-refractivity contribution in [3.05, 3.63) is 0 Å². The first-order valence-corrected chi connectivity index (χ1v) is 3.87. The van der Waals surface area contributed by atoms with Gasteiger partial charge in [-0.15, -0.1) is 12.6 Å². The lowest BCUT2D eigenvalue weighted by molar-refractivity contribution is 0.298. The summed E-state index contributed by atoms with van der Waals surface area (Å²) < 4.78 is 23.4. The fraction of sp³-hybridized carbons (Fsp3) is 1.00. The van der Waals surface area contributed by atoms with E-state index >= 15 is 0 Å². The molecular formula is C2H5O3S3-. The van der Waals surface area contributed by atoms with E-state index in [1.54, 1.807) is 0 Å². The lowest BCUT2D eigenvalue weighted by Gasteiger charge is -2.09. The summed E-state index contributed by atoms with van der Waals surface area (Å²) in [6, 6.07) is 0. The molecule has 0 rings (SSSR count). The van der Waals surface area contributed by atoms with Crippen molar-refractivity contribution >= 4 is 36.6 Å². The van der Waals surface area contributed by atoms with Gasteiger partial charge in [-0.2, -0.15) is 12.6 Å². The highest BCUT2D eigenvalue weighted by molar-refractivity contribution is 7.85. The lowest BCUT2D eigenvalue weighted by atomic mass is 10.9. The Hall–Kier alpha value is 0.770. The van der Waals surface area contributed by atoms with Crippen LogP contribution in [0.3, 0.4) is 0 Å². The molecule has 0 heterocycles. The van der Waals surface area contributed by atoms with E-state index in [1.165, 1.54) is 0 Å². The van der Waals surface area contributed by atoms with E-state index in [-0.39, 0.29) is 5.75 Å². The second-order valence-electron chi connectivity index (χ2n) is 0.938. The Morgan fingerprint density at radius 1 is 1.88 bits per heavy atom. The first kappa shape index (κ1) is 8.77. The third-order valence-electron chi connectivity index (χ3n) is 0.346. The number of thiol groups is 2. The maximum Gasteiger partial charge on any atom is 0.125 e. The van der Waals surface area contributed by atoms with Crippen molar-refractivity contribution in [1.29, 1.82) is 0 Å². The SMILES string of the molecule is O=S([O-])OC(S)CS. The van der Waals surface area contributed by atoms with Gasteiger partial charge in [0, 0.05) is 5.75 Å². The molecule has 0 aliphatic carbocycles. The van der Waals surface area contributed by atoms with E-state index in [2.05, 4.69) is 29.4 Å². The Morgan fingerprint density at radius 2 is 2.38 bits per heavy atom. The molecule has 50 valence electrons. The van der Waals surface area contributed by atoms with Crippen molar-refractivity contribution in [1.82, 2.24) is 0 Å². The van der Waals surface area contributed by atoms with Crippen LogP contribution in [0.4, 0.5) is 0 Å². The van der Waals surface area contributed by atoms with Crippen LogP contribution in [0, 0.1) is 0 Å². The van der Waals surface area contributed by atoms with Gasteiger partial charge in [0.1, 0.15) is 5.44 Å². The highest BCUT2D eigenvalue weighted by Gasteiger charge is 1.97. The van der Waals surface area contributed by atoms with E-state index in [4.69, 9.17) is 0 Å². The second-order valence-corrected chi connectivity index (χ2v) is 2.48. The Balaban J connectivity index is 3.24. The summed E-state index contributed by atoms with van der Waals surface area (Å²) in [7, 11) is 0. The smallest absolute Gasteiger partial charge is 0.125 e. The van der Waals surface area contributed by atoms with Gasteiger partial charge in [0.15, 0.2) is 0 Å². The zero-order valence-corrected chi connectivity index (χ0v) is 6.42. The van der Waals surface area contributed by atoms with Gasteiger partial charge in [-0.1, -0.05) is 0 Å². The van der Waals surface area contributed by atoms with Crippen LogP contribution < -0.4 is 0 Å². The first-order chi connectivity index (χ1) is 3.66. The summed E-state index contributed by atoms with van der Waals surface area (Å²) in [6.07, 6.45) is 0. The van der Waals surface area contributed by atoms with Crippen LogP contribution in [-0.2, 0) is 15.5 Å². The average molecular weight is 173 g/mol. The van der Waals surface area contributed by atoms with Crippen LogP contribution in [-0.4, -0.2) is 20.0 Å². The molecule has 0 aromatic heterocycles. The molecular weight excluding hydrogens is 168 g/mol. The zero-order valence-electron chi connectivity index (χ0n) is 3.81. The van der Waals surface area contributed by atoms with Crippen molar-refractivity contribution in [2.45, 2.75) is 5.44 Å². The maximum absolute atomic E-state index is 9.66. The summed E-state index contributed by atoms with van der Waals surface area (Å²) >= 11 is 4.92. The molecule has 0 fully saturated rings. The van der Waals surface area contributed by atoms with Gasteiger partial charge >= 0.3 is 0 Å². The van der Waals surface area contributed by atoms with Gasteiger partial charge in [0.05, 0.1) is 11.4 Å². The van der Waals surface area contributed by atoms with Crippen molar-refractivity contribution < 1.29 is 12.9 Å². The van der Waals surface area contributed by atoms with Crippen molar-refractivity contribution in [3.63, 3.8) is 0 Å². The number of rotatable bonds is 3. The molecule has 0 saturated carbocycles. The minimum Gasteiger partial charge on any atom is -0.750 e. The van der Waals surface area contributed by atoms with Crippen LogP contribution >= 0.6 is 25.3 Å². The molecule has 8 heavy (non-hydrogen) atoms. The molecule has 0 bridgehead atoms. The minimum absolute atomic E-state index is 0.275. The standard InChI is InChI=1S/C2H6O3S3/c3-8(4)5-2(7)1-6/h2,6-7H,1H2,(H,3,4)/p-1. The minimum atomic E-state index is -2.47. The summed E-state index contributed by atoms with van der Waals surface area (Å²) in [5, 5.41) is 0. The van der Waals surface area contributed by atoms with Gasteiger partial charge in [0.2, 0.25) is 0 Å². The molecule has 0 aliphatic rings. The summed E-state index contributed by atoms with van der Waals surface area (Å²) in [5.41, 5.74) is -0.628. The second kappa shape index (κ2) is 4.63. The Kier molecular flexibility index (Phi) is 5.08. The van der Waals surface area contributed by atoms with Gasteiger partial charge < -0.3 is 4.55 Å². The van der Waals surface area contributed by atoms with E-state index in [0.29, 0.717) is 0 Å². The molecule has 0 aromatic rings. The molecule has 0 aliphatic heterocycles. The lowest BCUT2D eigenvalue weighted by Crippen LogP contribution is -2.08. The van der Waals surface area contributed by atoms with Crippen molar-refractivity contribution in [2.24, 2.45) is 0 Å². The molecule has 2 unspecified atom stereocenters. The van der Waals surface area contributed by atoms with E-state index < -0.39 is 16.8 Å². The summed E-state index contributed by atoms with van der Waals surface area (Å²) in [4.78, 5) is 0. The average Bonchev–Trinajstić information content (AvgIpc) is 1.65. The molecule has 2 atom stereocenters. The molecule has 0 radical (unpaired) electrons. The summed E-state index contributed by atoms with van der Waals surface area (Å²) in [5.74, 6) is 0.275. The molecule has 3 nitrogen and oxygen atoms in total. The third kappa shape index (κ3) is 4.92. The largest absolute Gasteiger partial charge is 0.750 e. The van der Waals surface area contributed by atoms with Gasteiger partial charge in [0.25, 0.3) is 0 Å². The van der Waals surface area contributed by atoms with Crippen LogP contribution in [0.5, 0.6) is 0 Å². The Bertz CT molecular complexity index is 84.6. The van der Waals surface area contributed by atoms with E-state index in [1.807, 2.05) is 0 Å². The number of hydrogen-bond acceptors (Lipinski definition) is 5. The quantitative estimate of drug-likeness (QED) is 0.358. The predicted molar refractivity (Wildman–Crippen MR) is 36.6 cm³/mol. The molecule has 0 aromatic carbocycles. The van der Waals surface area contributed by atoms with E-state index in [0.717, 1.165) is 0 Å². The monoisotopic (exact) mass is 173 g/mol. The third-order valence-corrected chi connectivity index (χ3v) is 1.79. The van der Waals surface area contributed by atoms with Gasteiger partial charge in [-0.3, -0.25) is 4.18 Å². The Morgan fingerprint density at radius 3 is 2.50 bits per heavy atom. The van der Waals surface area contributed by atoms with Crippen LogP contribution in [0.15, 0.2) is 0 Å².